The molecule has 1 aliphatic rings. The minimum Gasteiger partial charge on any atom is -0.478 e. The minimum atomic E-state index is -0.940. The molecule has 1 aromatic carbocycles. The number of fused-ring (bicyclic) bond motifs is 1. The van der Waals surface area contributed by atoms with Crippen LogP contribution in [0.25, 0.3) is 10.9 Å². The molecule has 0 saturated carbocycles. The molecule has 2 unspecified atom stereocenters. The van der Waals surface area contributed by atoms with E-state index in [0.29, 0.717) is 12.0 Å². The molecule has 5 atom stereocenters. The van der Waals surface area contributed by atoms with E-state index in [9.17, 15) is 14.7 Å². The van der Waals surface area contributed by atoms with E-state index in [1.54, 1.807) is 19.2 Å². The zero-order valence-electron chi connectivity index (χ0n) is 18.4. The van der Waals surface area contributed by atoms with Crippen molar-refractivity contribution in [3.63, 3.8) is 0 Å². The van der Waals surface area contributed by atoms with Crippen LogP contribution in [-0.4, -0.2) is 57.8 Å². The summed E-state index contributed by atoms with van der Waals surface area (Å²) >= 11 is 0. The normalized spacial score (nSPS) is 24.6. The van der Waals surface area contributed by atoms with Gasteiger partial charge in [-0.2, -0.15) is 0 Å². The molecular weight excluding hydrogens is 414 g/mol. The van der Waals surface area contributed by atoms with Gasteiger partial charge in [-0.15, -0.1) is 0 Å². The van der Waals surface area contributed by atoms with Gasteiger partial charge in [0, 0.05) is 29.6 Å². The lowest BCUT2D eigenvalue weighted by molar-refractivity contribution is -0.273. The number of para-hydroxylation sites is 1. The number of aromatic nitrogens is 1. The van der Waals surface area contributed by atoms with E-state index >= 15 is 0 Å². The van der Waals surface area contributed by atoms with Crippen molar-refractivity contribution in [2.24, 2.45) is 0 Å². The van der Waals surface area contributed by atoms with E-state index in [0.717, 1.165) is 36.2 Å². The quantitative estimate of drug-likeness (QED) is 0.289. The van der Waals surface area contributed by atoms with E-state index in [-0.39, 0.29) is 12.5 Å². The van der Waals surface area contributed by atoms with Gasteiger partial charge < -0.3 is 29.4 Å². The number of aromatic amines is 1. The van der Waals surface area contributed by atoms with Crippen LogP contribution in [0.5, 0.6) is 0 Å². The second-order valence-corrected chi connectivity index (χ2v) is 8.18. The SMILES string of the molecule is CC1O[C@@H](O[C@H](C)CCCCC=CC(=O)O)C(O)C[C@H]1OC(=O)c1c[nH]c2ccccc12. The summed E-state index contributed by atoms with van der Waals surface area (Å²) in [7, 11) is 0. The van der Waals surface area contributed by atoms with Crippen molar-refractivity contribution in [1.82, 2.24) is 4.98 Å². The van der Waals surface area contributed by atoms with Crippen LogP contribution in [0.2, 0.25) is 0 Å². The molecule has 0 spiro atoms. The fourth-order valence-electron chi connectivity index (χ4n) is 3.81. The van der Waals surface area contributed by atoms with Gasteiger partial charge in [-0.05, 0) is 39.2 Å². The van der Waals surface area contributed by atoms with Crippen LogP contribution < -0.4 is 0 Å². The summed E-state index contributed by atoms with van der Waals surface area (Å²) in [6.45, 7) is 3.71. The topological polar surface area (TPSA) is 118 Å². The average molecular weight is 446 g/mol. The molecular formula is C24H31NO7. The standard InChI is InChI=1S/C24H31NO7/c1-15(9-5-3-4-6-12-22(27)28)30-24-20(26)13-21(16(2)31-24)32-23(29)18-14-25-19-11-8-7-10-17(18)19/h6-8,10-12,14-16,20-21,24-26H,3-5,9,13H2,1-2H3,(H,27,28)/t15-,16?,20?,21-,24-/m1/s1. The summed E-state index contributed by atoms with van der Waals surface area (Å²) in [6, 6.07) is 7.49. The smallest absolute Gasteiger partial charge is 0.340 e. The number of allylic oxidation sites excluding steroid dienone is 1. The van der Waals surface area contributed by atoms with E-state index in [2.05, 4.69) is 4.98 Å². The van der Waals surface area contributed by atoms with E-state index in [1.807, 2.05) is 31.2 Å². The Morgan fingerprint density at radius 1 is 1.31 bits per heavy atom. The van der Waals surface area contributed by atoms with Crippen LogP contribution in [0.1, 0.15) is 56.3 Å². The minimum absolute atomic E-state index is 0.129. The molecule has 0 radical (unpaired) electrons. The Kier molecular flexibility index (Phi) is 8.44. The molecule has 174 valence electrons. The first-order valence-electron chi connectivity index (χ1n) is 11.0. The fraction of sp³-hybridized carbons (Fsp3) is 0.500. The van der Waals surface area contributed by atoms with Gasteiger partial charge in [0.05, 0.1) is 17.8 Å². The summed E-state index contributed by atoms with van der Waals surface area (Å²) in [4.78, 5) is 26.2. The number of H-pyrrole nitrogens is 1. The molecule has 2 aromatic rings. The third kappa shape index (κ3) is 6.41. The molecule has 0 aliphatic carbocycles. The number of benzene rings is 1. The third-order valence-electron chi connectivity index (χ3n) is 5.59. The average Bonchev–Trinajstić information content (AvgIpc) is 3.18. The molecule has 3 rings (SSSR count). The number of aliphatic carboxylic acids is 1. The Hall–Kier alpha value is -2.68. The number of carbonyl (C=O) groups is 2. The zero-order valence-corrected chi connectivity index (χ0v) is 18.4. The molecule has 2 heterocycles. The number of esters is 1. The van der Waals surface area contributed by atoms with Gasteiger partial charge >= 0.3 is 11.9 Å². The molecule has 32 heavy (non-hydrogen) atoms. The highest BCUT2D eigenvalue weighted by molar-refractivity contribution is 6.04. The van der Waals surface area contributed by atoms with Gasteiger partial charge in [0.2, 0.25) is 0 Å². The van der Waals surface area contributed by atoms with Gasteiger partial charge in [-0.1, -0.05) is 30.7 Å². The van der Waals surface area contributed by atoms with E-state index < -0.39 is 36.5 Å². The fourth-order valence-corrected chi connectivity index (χ4v) is 3.81. The number of carboxylic acids is 1. The Morgan fingerprint density at radius 2 is 2.09 bits per heavy atom. The van der Waals surface area contributed by atoms with Crippen molar-refractivity contribution in [3.05, 3.63) is 48.2 Å². The highest BCUT2D eigenvalue weighted by atomic mass is 16.7. The third-order valence-corrected chi connectivity index (χ3v) is 5.59. The number of nitrogens with one attached hydrogen (secondary N) is 1. The predicted molar refractivity (Wildman–Crippen MR) is 118 cm³/mol. The predicted octanol–water partition coefficient (Wildman–Crippen LogP) is 3.80. The molecule has 8 heteroatoms. The second-order valence-electron chi connectivity index (χ2n) is 8.18. The number of rotatable bonds is 10. The molecule has 1 aromatic heterocycles. The Bertz CT molecular complexity index is 937. The van der Waals surface area contributed by atoms with Crippen molar-refractivity contribution < 1.29 is 34.0 Å². The van der Waals surface area contributed by atoms with E-state index in [4.69, 9.17) is 19.3 Å². The van der Waals surface area contributed by atoms with Crippen LogP contribution in [0.4, 0.5) is 0 Å². The number of hydrogen-bond acceptors (Lipinski definition) is 6. The number of carboxylic acid groups (broad SMARTS) is 1. The van der Waals surface area contributed by atoms with E-state index in [1.165, 1.54) is 0 Å². The Balaban J connectivity index is 1.45. The number of carbonyl (C=O) groups excluding carboxylic acids is 1. The summed E-state index contributed by atoms with van der Waals surface area (Å²) in [5, 5.41) is 19.9. The van der Waals surface area contributed by atoms with Gasteiger partial charge in [-0.3, -0.25) is 0 Å². The summed E-state index contributed by atoms with van der Waals surface area (Å²) < 4.78 is 17.3. The number of aliphatic hydroxyl groups excluding tert-OH is 1. The van der Waals surface area contributed by atoms with Crippen molar-refractivity contribution >= 4 is 22.8 Å². The van der Waals surface area contributed by atoms with Crippen molar-refractivity contribution in [2.45, 2.75) is 76.7 Å². The lowest BCUT2D eigenvalue weighted by atomic mass is 10.0. The highest BCUT2D eigenvalue weighted by Gasteiger charge is 2.38. The number of aliphatic hydroxyl groups is 1. The van der Waals surface area contributed by atoms with Crippen LogP contribution in [-0.2, 0) is 19.0 Å². The maximum atomic E-state index is 12.7. The summed E-state index contributed by atoms with van der Waals surface area (Å²) in [5.74, 6) is -1.40. The second kappa shape index (κ2) is 11.3. The highest BCUT2D eigenvalue weighted by Crippen LogP contribution is 2.27. The maximum Gasteiger partial charge on any atom is 0.340 e. The molecule has 1 aliphatic heterocycles. The van der Waals surface area contributed by atoms with Crippen LogP contribution in [0.15, 0.2) is 42.6 Å². The number of hydrogen-bond donors (Lipinski definition) is 3. The maximum absolute atomic E-state index is 12.7. The van der Waals surface area contributed by atoms with Crippen molar-refractivity contribution in [3.8, 4) is 0 Å². The first kappa shape index (κ1) is 24.0. The molecule has 0 bridgehead atoms. The first-order chi connectivity index (χ1) is 15.3. The lowest BCUT2D eigenvalue weighted by Gasteiger charge is -2.38. The largest absolute Gasteiger partial charge is 0.478 e. The van der Waals surface area contributed by atoms with Gasteiger partial charge in [0.1, 0.15) is 12.2 Å². The van der Waals surface area contributed by atoms with Gasteiger partial charge in [-0.25, -0.2) is 9.59 Å². The molecule has 8 nitrogen and oxygen atoms in total. The molecule has 1 fully saturated rings. The first-order valence-corrected chi connectivity index (χ1v) is 11.0. The monoisotopic (exact) mass is 445 g/mol. The lowest BCUT2D eigenvalue weighted by Crippen LogP contribution is -2.49. The molecule has 0 amide bonds. The zero-order chi connectivity index (χ0) is 23.1. The molecule has 1 saturated heterocycles. The molecule has 3 N–H and O–H groups in total. The summed E-state index contributed by atoms with van der Waals surface area (Å²) in [5.41, 5.74) is 1.31. The summed E-state index contributed by atoms with van der Waals surface area (Å²) in [6.07, 6.45) is 5.00. The van der Waals surface area contributed by atoms with Gasteiger partial charge in [0.15, 0.2) is 6.29 Å². The number of unbranched alkanes of at least 4 members (excludes halogenated alkanes) is 2. The Morgan fingerprint density at radius 3 is 2.88 bits per heavy atom. The number of ether oxygens (including phenoxy) is 3. The van der Waals surface area contributed by atoms with Gasteiger partial charge in [0.25, 0.3) is 0 Å². The van der Waals surface area contributed by atoms with Crippen molar-refractivity contribution in [2.75, 3.05) is 0 Å². The van der Waals surface area contributed by atoms with Crippen LogP contribution in [0, 0.1) is 0 Å². The Labute approximate surface area is 187 Å². The van der Waals surface area contributed by atoms with Crippen LogP contribution in [0.3, 0.4) is 0 Å². The van der Waals surface area contributed by atoms with Crippen LogP contribution >= 0.6 is 0 Å². The van der Waals surface area contributed by atoms with Crippen molar-refractivity contribution in [1.29, 1.82) is 0 Å².